The molecule has 33 heavy (non-hydrogen) atoms. The predicted molar refractivity (Wildman–Crippen MR) is 134 cm³/mol. The van der Waals surface area contributed by atoms with E-state index in [2.05, 4.69) is 34.5 Å². The highest BCUT2D eigenvalue weighted by atomic mass is 32.2. The SMILES string of the molecule is COc1ccc(-c2nc(SCCc3ccccc3)nnc2-c2ccc(OC(C)C)cc2)cc1. The summed E-state index contributed by atoms with van der Waals surface area (Å²) in [6, 6.07) is 26.2. The molecule has 0 saturated heterocycles. The number of hydrogen-bond acceptors (Lipinski definition) is 6. The molecule has 0 aliphatic heterocycles. The van der Waals surface area contributed by atoms with Crippen molar-refractivity contribution in [3.8, 4) is 34.0 Å². The third-order valence-electron chi connectivity index (χ3n) is 5.00. The van der Waals surface area contributed by atoms with Gasteiger partial charge in [-0.25, -0.2) is 4.98 Å². The van der Waals surface area contributed by atoms with Crippen molar-refractivity contribution in [1.82, 2.24) is 15.2 Å². The highest BCUT2D eigenvalue weighted by Gasteiger charge is 2.15. The fourth-order valence-corrected chi connectivity index (χ4v) is 4.16. The molecule has 0 bridgehead atoms. The second kappa shape index (κ2) is 11.0. The van der Waals surface area contributed by atoms with Gasteiger partial charge >= 0.3 is 0 Å². The number of ether oxygens (including phenoxy) is 2. The number of aryl methyl sites for hydroxylation is 1. The number of hydrogen-bond donors (Lipinski definition) is 0. The topological polar surface area (TPSA) is 57.1 Å². The zero-order valence-electron chi connectivity index (χ0n) is 19.1. The van der Waals surface area contributed by atoms with Crippen molar-refractivity contribution in [3.63, 3.8) is 0 Å². The van der Waals surface area contributed by atoms with E-state index in [-0.39, 0.29) is 6.10 Å². The lowest BCUT2D eigenvalue weighted by atomic mass is 10.0. The number of methoxy groups -OCH3 is 1. The van der Waals surface area contributed by atoms with Crippen molar-refractivity contribution in [2.75, 3.05) is 12.9 Å². The van der Waals surface area contributed by atoms with Gasteiger partial charge in [-0.2, -0.15) is 0 Å². The Morgan fingerprint density at radius 1 is 0.758 bits per heavy atom. The summed E-state index contributed by atoms with van der Waals surface area (Å²) in [4.78, 5) is 4.89. The summed E-state index contributed by atoms with van der Waals surface area (Å²) in [6.07, 6.45) is 1.07. The lowest BCUT2D eigenvalue weighted by molar-refractivity contribution is 0.242. The molecule has 0 amide bonds. The maximum atomic E-state index is 5.78. The standard InChI is InChI=1S/C27H27N3O2S/c1-19(2)32-24-15-11-22(12-16-24)26-25(21-9-13-23(31-3)14-10-21)28-27(30-29-26)33-18-17-20-7-5-4-6-8-20/h4-16,19H,17-18H2,1-3H3. The molecule has 0 spiro atoms. The first kappa shape index (κ1) is 22.8. The first-order valence-corrected chi connectivity index (χ1v) is 11.9. The van der Waals surface area contributed by atoms with E-state index in [0.717, 1.165) is 46.2 Å². The van der Waals surface area contributed by atoms with Crippen molar-refractivity contribution < 1.29 is 9.47 Å². The average Bonchev–Trinajstić information content (AvgIpc) is 2.85. The van der Waals surface area contributed by atoms with Crippen LogP contribution in [0.15, 0.2) is 84.0 Å². The van der Waals surface area contributed by atoms with Crippen molar-refractivity contribution in [3.05, 3.63) is 84.4 Å². The first-order valence-electron chi connectivity index (χ1n) is 11.0. The van der Waals surface area contributed by atoms with E-state index in [4.69, 9.17) is 14.5 Å². The zero-order valence-corrected chi connectivity index (χ0v) is 19.9. The fraction of sp³-hybridized carbons (Fsp3) is 0.222. The van der Waals surface area contributed by atoms with E-state index in [1.54, 1.807) is 18.9 Å². The Labute approximate surface area is 199 Å². The number of rotatable bonds is 9. The molecule has 4 aromatic rings. The molecule has 0 atom stereocenters. The Bertz CT molecular complexity index is 1160. The van der Waals surface area contributed by atoms with E-state index in [0.29, 0.717) is 5.16 Å². The normalized spacial score (nSPS) is 10.9. The van der Waals surface area contributed by atoms with Crippen LogP contribution in [-0.2, 0) is 6.42 Å². The summed E-state index contributed by atoms with van der Waals surface area (Å²) in [5, 5.41) is 9.67. The average molecular weight is 458 g/mol. The molecular weight excluding hydrogens is 430 g/mol. The van der Waals surface area contributed by atoms with Gasteiger partial charge in [-0.15, -0.1) is 10.2 Å². The van der Waals surface area contributed by atoms with Crippen LogP contribution in [0.4, 0.5) is 0 Å². The van der Waals surface area contributed by atoms with E-state index < -0.39 is 0 Å². The van der Waals surface area contributed by atoms with Crippen LogP contribution < -0.4 is 9.47 Å². The van der Waals surface area contributed by atoms with E-state index in [9.17, 15) is 0 Å². The van der Waals surface area contributed by atoms with E-state index in [1.165, 1.54) is 5.56 Å². The van der Waals surface area contributed by atoms with Gasteiger partial charge in [-0.1, -0.05) is 42.1 Å². The minimum Gasteiger partial charge on any atom is -0.497 e. The molecule has 0 N–H and O–H groups in total. The molecule has 0 fully saturated rings. The summed E-state index contributed by atoms with van der Waals surface area (Å²) in [5.74, 6) is 2.51. The molecule has 6 heteroatoms. The summed E-state index contributed by atoms with van der Waals surface area (Å²) in [5.41, 5.74) is 4.75. The number of aromatic nitrogens is 3. The van der Waals surface area contributed by atoms with Gasteiger partial charge in [0.15, 0.2) is 0 Å². The molecule has 3 aromatic carbocycles. The lowest BCUT2D eigenvalue weighted by Gasteiger charge is -2.12. The fourth-order valence-electron chi connectivity index (χ4n) is 3.39. The number of thioether (sulfide) groups is 1. The van der Waals surface area contributed by atoms with Crippen LogP contribution in [0.5, 0.6) is 11.5 Å². The maximum Gasteiger partial charge on any atom is 0.209 e. The molecule has 0 saturated carbocycles. The highest BCUT2D eigenvalue weighted by Crippen LogP contribution is 2.32. The quantitative estimate of drug-likeness (QED) is 0.274. The van der Waals surface area contributed by atoms with Gasteiger partial charge in [0.05, 0.1) is 13.2 Å². The van der Waals surface area contributed by atoms with E-state index in [1.807, 2.05) is 68.4 Å². The lowest BCUT2D eigenvalue weighted by Crippen LogP contribution is -2.05. The van der Waals surface area contributed by atoms with Crippen LogP contribution in [0, 0.1) is 0 Å². The third-order valence-corrected chi connectivity index (χ3v) is 5.83. The molecule has 168 valence electrons. The summed E-state index contributed by atoms with van der Waals surface area (Å²) in [7, 11) is 1.66. The predicted octanol–water partition coefficient (Wildman–Crippen LogP) is 6.34. The smallest absolute Gasteiger partial charge is 0.209 e. The van der Waals surface area contributed by atoms with Gasteiger partial charge in [0.25, 0.3) is 0 Å². The van der Waals surface area contributed by atoms with Gasteiger partial charge in [0.2, 0.25) is 5.16 Å². The molecule has 1 aromatic heterocycles. The number of benzene rings is 3. The molecule has 0 aliphatic carbocycles. The van der Waals surface area contributed by atoms with Gasteiger partial charge in [-0.05, 0) is 74.4 Å². The highest BCUT2D eigenvalue weighted by molar-refractivity contribution is 7.99. The minimum absolute atomic E-state index is 0.124. The molecular formula is C27H27N3O2S. The monoisotopic (exact) mass is 457 g/mol. The second-order valence-electron chi connectivity index (χ2n) is 7.80. The minimum atomic E-state index is 0.124. The maximum absolute atomic E-state index is 5.78. The van der Waals surface area contributed by atoms with Crippen LogP contribution in [0.3, 0.4) is 0 Å². The van der Waals surface area contributed by atoms with Crippen LogP contribution in [-0.4, -0.2) is 34.1 Å². The Balaban J connectivity index is 1.62. The summed E-state index contributed by atoms with van der Waals surface area (Å²) in [6.45, 7) is 4.03. The first-order chi connectivity index (χ1) is 16.1. The van der Waals surface area contributed by atoms with Crippen molar-refractivity contribution in [2.24, 2.45) is 0 Å². The molecule has 0 aliphatic rings. The Kier molecular flexibility index (Phi) is 7.58. The van der Waals surface area contributed by atoms with Gasteiger partial charge in [-0.3, -0.25) is 0 Å². The van der Waals surface area contributed by atoms with Crippen molar-refractivity contribution in [1.29, 1.82) is 0 Å². The van der Waals surface area contributed by atoms with Crippen LogP contribution >= 0.6 is 11.8 Å². The van der Waals surface area contributed by atoms with Crippen LogP contribution in [0.2, 0.25) is 0 Å². The summed E-state index contributed by atoms with van der Waals surface area (Å²) >= 11 is 1.62. The van der Waals surface area contributed by atoms with Crippen LogP contribution in [0.25, 0.3) is 22.5 Å². The Morgan fingerprint density at radius 3 is 2.03 bits per heavy atom. The van der Waals surface area contributed by atoms with Crippen LogP contribution in [0.1, 0.15) is 19.4 Å². The second-order valence-corrected chi connectivity index (χ2v) is 8.86. The Morgan fingerprint density at radius 2 is 1.39 bits per heavy atom. The molecule has 4 rings (SSSR count). The van der Waals surface area contributed by atoms with Crippen molar-refractivity contribution >= 4 is 11.8 Å². The number of nitrogens with zero attached hydrogens (tertiary/aromatic N) is 3. The van der Waals surface area contributed by atoms with Gasteiger partial charge in [0.1, 0.15) is 22.9 Å². The largest absolute Gasteiger partial charge is 0.497 e. The molecule has 0 radical (unpaired) electrons. The van der Waals surface area contributed by atoms with Crippen molar-refractivity contribution in [2.45, 2.75) is 31.5 Å². The molecule has 1 heterocycles. The Hall–Kier alpha value is -3.38. The third kappa shape index (κ3) is 6.11. The van der Waals surface area contributed by atoms with E-state index >= 15 is 0 Å². The molecule has 5 nitrogen and oxygen atoms in total. The molecule has 0 unspecified atom stereocenters. The van der Waals surface area contributed by atoms with Gasteiger partial charge < -0.3 is 9.47 Å². The summed E-state index contributed by atoms with van der Waals surface area (Å²) < 4.78 is 11.1. The zero-order chi connectivity index (χ0) is 23.0. The van der Waals surface area contributed by atoms with Gasteiger partial charge in [0, 0.05) is 16.9 Å².